The van der Waals surface area contributed by atoms with Crippen molar-refractivity contribution in [3.05, 3.63) is 58.6 Å². The van der Waals surface area contributed by atoms with E-state index in [1.165, 1.54) is 17.0 Å². The first-order chi connectivity index (χ1) is 18.4. The van der Waals surface area contributed by atoms with Gasteiger partial charge in [0.25, 0.3) is 5.56 Å². The Morgan fingerprint density at radius 1 is 1.15 bits per heavy atom. The Hall–Kier alpha value is -3.40. The van der Waals surface area contributed by atoms with Gasteiger partial charge in [0, 0.05) is 44.7 Å². The number of carbonyl (C=O) groups excluding carboxylic acids is 2. The summed E-state index contributed by atoms with van der Waals surface area (Å²) in [6.45, 7) is 9.63. The molecule has 2 aliphatic heterocycles. The first-order valence-corrected chi connectivity index (χ1v) is 13.8. The normalized spacial score (nSPS) is 20.0. The first-order valence-electron chi connectivity index (χ1n) is 13.8. The van der Waals surface area contributed by atoms with Gasteiger partial charge < -0.3 is 25.0 Å². The van der Waals surface area contributed by atoms with Gasteiger partial charge in [0.1, 0.15) is 11.4 Å². The summed E-state index contributed by atoms with van der Waals surface area (Å²) in [5.41, 5.74) is -0.761. The molecule has 0 aliphatic carbocycles. The number of anilines is 1. The van der Waals surface area contributed by atoms with E-state index in [0.29, 0.717) is 51.3 Å². The summed E-state index contributed by atoms with van der Waals surface area (Å²) in [6.07, 6.45) is 3.05. The third-order valence-corrected chi connectivity index (χ3v) is 7.43. The summed E-state index contributed by atoms with van der Waals surface area (Å²) in [5, 5.41) is 14.4. The second kappa shape index (κ2) is 11.8. The van der Waals surface area contributed by atoms with Crippen LogP contribution in [0.3, 0.4) is 0 Å². The van der Waals surface area contributed by atoms with Crippen molar-refractivity contribution < 1.29 is 19.4 Å². The average Bonchev–Trinajstić information content (AvgIpc) is 3.34. The van der Waals surface area contributed by atoms with E-state index in [1.807, 2.05) is 56.0 Å². The zero-order valence-electron chi connectivity index (χ0n) is 23.4. The summed E-state index contributed by atoms with van der Waals surface area (Å²) in [4.78, 5) is 45.8. The maximum atomic E-state index is 12.8. The standard InChI is InChI=1S/C29H41N5O5/c1-21(22-8-6-5-7-9-22)16-25(35)32-14-11-29(38,12-15-32)19-34-20-30-24(17-26(34)36)31-23-10-13-33(18-23)27(37)39-28(2,3)4/h5-9,17,20-21,23,31,38H,10-16,18-19H2,1-4H3. The molecule has 2 unspecified atom stereocenters. The highest BCUT2D eigenvalue weighted by molar-refractivity contribution is 5.77. The van der Waals surface area contributed by atoms with Crippen LogP contribution in [0.4, 0.5) is 10.6 Å². The smallest absolute Gasteiger partial charge is 0.410 e. The van der Waals surface area contributed by atoms with Crippen LogP contribution in [-0.2, 0) is 16.1 Å². The van der Waals surface area contributed by atoms with Crippen LogP contribution in [0.15, 0.2) is 47.5 Å². The Morgan fingerprint density at radius 2 is 1.85 bits per heavy atom. The molecule has 2 N–H and O–H groups in total. The lowest BCUT2D eigenvalue weighted by atomic mass is 9.90. The number of hydrogen-bond donors (Lipinski definition) is 2. The van der Waals surface area contributed by atoms with E-state index in [4.69, 9.17) is 4.74 Å². The molecule has 2 atom stereocenters. The SMILES string of the molecule is CC(CC(=O)N1CCC(O)(Cn2cnc(NC3CCN(C(=O)OC(C)(C)C)C3)cc2=O)CC1)c1ccccc1. The van der Waals surface area contributed by atoms with Crippen LogP contribution in [0.5, 0.6) is 0 Å². The lowest BCUT2D eigenvalue weighted by molar-refractivity contribution is -0.136. The molecule has 0 radical (unpaired) electrons. The summed E-state index contributed by atoms with van der Waals surface area (Å²) < 4.78 is 6.85. The van der Waals surface area contributed by atoms with Gasteiger partial charge in [0.15, 0.2) is 0 Å². The summed E-state index contributed by atoms with van der Waals surface area (Å²) in [5.74, 6) is 0.646. The van der Waals surface area contributed by atoms with Gasteiger partial charge in [-0.2, -0.15) is 0 Å². The molecule has 10 heteroatoms. The van der Waals surface area contributed by atoms with E-state index in [2.05, 4.69) is 17.2 Å². The largest absolute Gasteiger partial charge is 0.444 e. The molecule has 2 amide bonds. The van der Waals surface area contributed by atoms with Crippen LogP contribution in [-0.4, -0.2) is 79.9 Å². The third kappa shape index (κ3) is 7.81. The number of aliphatic hydroxyl groups is 1. The van der Waals surface area contributed by atoms with Crippen molar-refractivity contribution >= 4 is 17.8 Å². The van der Waals surface area contributed by atoms with E-state index in [0.717, 1.165) is 12.0 Å². The van der Waals surface area contributed by atoms with Crippen molar-refractivity contribution in [1.82, 2.24) is 19.4 Å². The van der Waals surface area contributed by atoms with Crippen LogP contribution < -0.4 is 10.9 Å². The quantitative estimate of drug-likeness (QED) is 0.555. The van der Waals surface area contributed by atoms with E-state index < -0.39 is 11.2 Å². The molecule has 39 heavy (non-hydrogen) atoms. The number of carbonyl (C=O) groups is 2. The fraction of sp³-hybridized carbons (Fsp3) is 0.586. The molecule has 0 saturated carbocycles. The van der Waals surface area contributed by atoms with E-state index in [-0.39, 0.29) is 36.1 Å². The monoisotopic (exact) mass is 539 g/mol. The van der Waals surface area contributed by atoms with E-state index in [1.54, 1.807) is 4.90 Å². The van der Waals surface area contributed by atoms with Crippen LogP contribution in [0, 0.1) is 0 Å². The summed E-state index contributed by atoms with van der Waals surface area (Å²) >= 11 is 0. The van der Waals surface area contributed by atoms with Crippen LogP contribution in [0.25, 0.3) is 0 Å². The van der Waals surface area contributed by atoms with Gasteiger partial charge in [-0.05, 0) is 51.5 Å². The van der Waals surface area contributed by atoms with Crippen LogP contribution in [0.1, 0.15) is 64.9 Å². The van der Waals surface area contributed by atoms with Crippen molar-refractivity contribution in [3.8, 4) is 0 Å². The lowest BCUT2D eigenvalue weighted by Crippen LogP contribution is -2.49. The molecule has 0 spiro atoms. The van der Waals surface area contributed by atoms with Crippen molar-refractivity contribution in [2.75, 3.05) is 31.5 Å². The Morgan fingerprint density at radius 3 is 2.49 bits per heavy atom. The minimum atomic E-state index is -1.08. The molecule has 2 fully saturated rings. The molecule has 4 rings (SSSR count). The lowest BCUT2D eigenvalue weighted by Gasteiger charge is -2.38. The summed E-state index contributed by atoms with van der Waals surface area (Å²) in [6, 6.07) is 11.4. The van der Waals surface area contributed by atoms with Crippen molar-refractivity contribution in [2.24, 2.45) is 0 Å². The van der Waals surface area contributed by atoms with Crippen molar-refractivity contribution in [1.29, 1.82) is 0 Å². The fourth-order valence-electron chi connectivity index (χ4n) is 5.14. The summed E-state index contributed by atoms with van der Waals surface area (Å²) in [7, 11) is 0. The molecular formula is C29H41N5O5. The molecule has 3 heterocycles. The van der Waals surface area contributed by atoms with E-state index in [9.17, 15) is 19.5 Å². The zero-order valence-corrected chi connectivity index (χ0v) is 23.4. The molecule has 212 valence electrons. The van der Waals surface area contributed by atoms with Gasteiger partial charge in [0.05, 0.1) is 18.5 Å². The number of likely N-dealkylation sites (tertiary alicyclic amines) is 2. The maximum Gasteiger partial charge on any atom is 0.410 e. The Balaban J connectivity index is 1.26. The second-order valence-corrected chi connectivity index (χ2v) is 11.9. The number of benzene rings is 1. The highest BCUT2D eigenvalue weighted by Crippen LogP contribution is 2.26. The maximum absolute atomic E-state index is 12.8. The number of nitrogens with zero attached hydrogens (tertiary/aromatic N) is 4. The molecule has 2 saturated heterocycles. The fourth-order valence-corrected chi connectivity index (χ4v) is 5.14. The second-order valence-electron chi connectivity index (χ2n) is 11.9. The van der Waals surface area contributed by atoms with Gasteiger partial charge >= 0.3 is 6.09 Å². The van der Waals surface area contributed by atoms with Crippen LogP contribution in [0.2, 0.25) is 0 Å². The number of amides is 2. The number of nitrogens with one attached hydrogen (secondary N) is 1. The van der Waals surface area contributed by atoms with Crippen molar-refractivity contribution in [3.63, 3.8) is 0 Å². The van der Waals surface area contributed by atoms with Crippen molar-refractivity contribution in [2.45, 2.75) is 83.1 Å². The highest BCUT2D eigenvalue weighted by Gasteiger charge is 2.35. The first kappa shape index (κ1) is 28.6. The molecular weight excluding hydrogens is 498 g/mol. The van der Waals surface area contributed by atoms with Gasteiger partial charge in [-0.15, -0.1) is 0 Å². The third-order valence-electron chi connectivity index (χ3n) is 7.43. The molecule has 2 aliphatic rings. The van der Waals surface area contributed by atoms with E-state index >= 15 is 0 Å². The zero-order chi connectivity index (χ0) is 28.2. The Bertz CT molecular complexity index is 1200. The van der Waals surface area contributed by atoms with Gasteiger partial charge in [0.2, 0.25) is 5.91 Å². The molecule has 1 aromatic carbocycles. The number of hydrogen-bond acceptors (Lipinski definition) is 7. The topological polar surface area (TPSA) is 117 Å². The minimum Gasteiger partial charge on any atom is -0.444 e. The Kier molecular flexibility index (Phi) is 8.64. The number of aromatic nitrogens is 2. The molecule has 10 nitrogen and oxygen atoms in total. The number of rotatable bonds is 7. The molecule has 0 bridgehead atoms. The molecule has 1 aromatic heterocycles. The number of ether oxygens (including phenoxy) is 1. The Labute approximate surface area is 230 Å². The highest BCUT2D eigenvalue weighted by atomic mass is 16.6. The predicted molar refractivity (Wildman–Crippen MR) is 149 cm³/mol. The minimum absolute atomic E-state index is 0.0315. The van der Waals surface area contributed by atoms with Crippen LogP contribution >= 0.6 is 0 Å². The van der Waals surface area contributed by atoms with Gasteiger partial charge in [-0.1, -0.05) is 37.3 Å². The molecule has 2 aromatic rings. The average molecular weight is 540 g/mol. The van der Waals surface area contributed by atoms with Gasteiger partial charge in [-0.3, -0.25) is 14.2 Å². The van der Waals surface area contributed by atoms with Gasteiger partial charge in [-0.25, -0.2) is 9.78 Å². The predicted octanol–water partition coefficient (Wildman–Crippen LogP) is 3.21. The number of piperidine rings is 1.